The number of alkyl halides is 3. The van der Waals surface area contributed by atoms with Crippen LogP contribution in [0.3, 0.4) is 0 Å². The maximum Gasteiger partial charge on any atom is 0.435 e. The minimum Gasteiger partial charge on any atom is -0.490 e. The number of aromatic nitrogens is 2. The minimum absolute atomic E-state index is 0.154. The molecule has 44 heavy (non-hydrogen) atoms. The Morgan fingerprint density at radius 2 is 1.64 bits per heavy atom. The van der Waals surface area contributed by atoms with Crippen LogP contribution in [0, 0.1) is 0 Å². The Hall–Kier alpha value is -3.84. The molecule has 13 heteroatoms. The number of thiophene rings is 1. The molecule has 2 aromatic carbocycles. The molecular weight excluding hydrogens is 615 g/mol. The molecule has 4 aromatic rings. The summed E-state index contributed by atoms with van der Waals surface area (Å²) in [6.45, 7) is 6.37. The lowest BCUT2D eigenvalue weighted by atomic mass is 10.1. The summed E-state index contributed by atoms with van der Waals surface area (Å²) in [4.78, 5) is 15.4. The Morgan fingerprint density at radius 1 is 0.955 bits per heavy atom. The molecule has 1 amide bonds. The number of carbonyl (C=O) groups is 1. The number of piperidine rings is 1. The predicted molar refractivity (Wildman–Crippen MR) is 162 cm³/mol. The van der Waals surface area contributed by atoms with Crippen molar-refractivity contribution in [3.05, 3.63) is 72.4 Å². The van der Waals surface area contributed by atoms with E-state index in [0.29, 0.717) is 52.7 Å². The molecule has 1 fully saturated rings. The summed E-state index contributed by atoms with van der Waals surface area (Å²) in [7, 11) is -3.43. The van der Waals surface area contributed by atoms with Gasteiger partial charge < -0.3 is 14.4 Å². The third kappa shape index (κ3) is 7.44. The number of sulfone groups is 1. The fourth-order valence-corrected chi connectivity index (χ4v) is 6.44. The van der Waals surface area contributed by atoms with Crippen LogP contribution in [0.15, 0.2) is 71.6 Å². The zero-order chi connectivity index (χ0) is 31.9. The van der Waals surface area contributed by atoms with Gasteiger partial charge in [0.2, 0.25) is 0 Å². The second-order valence-corrected chi connectivity index (χ2v) is 14.7. The first kappa shape index (κ1) is 31.6. The van der Waals surface area contributed by atoms with Gasteiger partial charge in [-0.25, -0.2) is 17.9 Å². The highest BCUT2D eigenvalue weighted by Gasteiger charge is 2.36. The Balaban J connectivity index is 1.39. The molecule has 8 nitrogen and oxygen atoms in total. The molecule has 0 radical (unpaired) electrons. The van der Waals surface area contributed by atoms with Crippen LogP contribution in [0.1, 0.15) is 39.3 Å². The lowest BCUT2D eigenvalue weighted by molar-refractivity contribution is -0.141. The van der Waals surface area contributed by atoms with E-state index in [1.54, 1.807) is 59.5 Å². The van der Waals surface area contributed by atoms with Crippen LogP contribution >= 0.6 is 11.3 Å². The highest BCUT2D eigenvalue weighted by Crippen LogP contribution is 2.39. The minimum atomic E-state index is -4.67. The number of likely N-dealkylation sites (tertiary alicyclic amines) is 1. The monoisotopic (exact) mass is 647 g/mol. The topological polar surface area (TPSA) is 90.7 Å². The molecule has 0 spiro atoms. The van der Waals surface area contributed by atoms with Gasteiger partial charge in [-0.3, -0.25) is 0 Å². The van der Waals surface area contributed by atoms with Gasteiger partial charge in [0, 0.05) is 43.1 Å². The maximum absolute atomic E-state index is 13.8. The van der Waals surface area contributed by atoms with Gasteiger partial charge in [-0.15, -0.1) is 11.3 Å². The highest BCUT2D eigenvalue weighted by atomic mass is 32.2. The number of ether oxygens (including phenoxy) is 2. The van der Waals surface area contributed by atoms with Crippen LogP contribution in [0.25, 0.3) is 26.7 Å². The quantitative estimate of drug-likeness (QED) is 0.216. The van der Waals surface area contributed by atoms with Gasteiger partial charge in [0.15, 0.2) is 15.5 Å². The molecule has 1 saturated heterocycles. The summed E-state index contributed by atoms with van der Waals surface area (Å²) >= 11 is 1.23. The second kappa shape index (κ2) is 11.9. The number of benzene rings is 2. The van der Waals surface area contributed by atoms with E-state index in [2.05, 4.69) is 5.10 Å². The van der Waals surface area contributed by atoms with Gasteiger partial charge >= 0.3 is 12.3 Å². The van der Waals surface area contributed by atoms with E-state index >= 15 is 0 Å². The molecular formula is C31H32F3N3O5S2. The largest absolute Gasteiger partial charge is 0.490 e. The van der Waals surface area contributed by atoms with Crippen molar-refractivity contribution >= 4 is 27.3 Å². The van der Waals surface area contributed by atoms with Crippen molar-refractivity contribution in [1.82, 2.24) is 14.7 Å². The standard InChI is InChI=1S/C31H32F3N3O5S2/c1-30(2,3)42-29(38)36-15-13-22(14-16-36)41-23-9-6-8-21(18-23)37-25(19-28(35-37)31(32,33)34)27-12-11-26(43-27)20-7-5-10-24(17-20)44(4,39)40/h5-12,17-19,22H,13-16H2,1-4H3. The molecule has 1 aliphatic rings. The van der Waals surface area contributed by atoms with Crippen molar-refractivity contribution in [2.75, 3.05) is 19.3 Å². The lowest BCUT2D eigenvalue weighted by Gasteiger charge is -2.33. The summed E-state index contributed by atoms with van der Waals surface area (Å²) < 4.78 is 78.4. The molecule has 0 bridgehead atoms. The number of hydrogen-bond donors (Lipinski definition) is 0. The van der Waals surface area contributed by atoms with Crippen LogP contribution in [0.4, 0.5) is 18.0 Å². The average molecular weight is 648 g/mol. The number of hydrogen-bond acceptors (Lipinski definition) is 7. The van der Waals surface area contributed by atoms with Gasteiger partial charge in [-0.2, -0.15) is 18.3 Å². The van der Waals surface area contributed by atoms with Crippen molar-refractivity contribution in [3.63, 3.8) is 0 Å². The Bertz CT molecular complexity index is 1770. The van der Waals surface area contributed by atoms with Crippen LogP contribution in [-0.4, -0.2) is 60.2 Å². The molecule has 3 heterocycles. The molecule has 0 unspecified atom stereocenters. The molecule has 0 aliphatic carbocycles. The fourth-order valence-electron chi connectivity index (χ4n) is 4.77. The number of nitrogens with zero attached hydrogens (tertiary/aromatic N) is 3. The molecule has 1 aliphatic heterocycles. The van der Waals surface area contributed by atoms with E-state index in [4.69, 9.17) is 9.47 Å². The van der Waals surface area contributed by atoms with Gasteiger partial charge in [0.25, 0.3) is 0 Å². The second-order valence-electron chi connectivity index (χ2n) is 11.6. The predicted octanol–water partition coefficient (Wildman–Crippen LogP) is 7.47. The SMILES string of the molecule is CC(C)(C)OC(=O)N1CCC(Oc2cccc(-n3nc(C(F)(F)F)cc3-c3ccc(-c4cccc(S(C)(=O)=O)c4)s3)c2)CC1. The van der Waals surface area contributed by atoms with Crippen molar-refractivity contribution in [2.45, 2.75) is 56.4 Å². The first-order valence-corrected chi connectivity index (χ1v) is 16.6. The first-order valence-electron chi connectivity index (χ1n) is 13.9. The number of rotatable bonds is 6. The van der Waals surface area contributed by atoms with Gasteiger partial charge in [-0.05, 0) is 68.8 Å². The Kier molecular flexibility index (Phi) is 8.56. The average Bonchev–Trinajstić information content (AvgIpc) is 3.60. The number of carbonyl (C=O) groups excluding carboxylic acids is 1. The van der Waals surface area contributed by atoms with Crippen LogP contribution < -0.4 is 4.74 Å². The zero-order valence-electron chi connectivity index (χ0n) is 24.6. The highest BCUT2D eigenvalue weighted by molar-refractivity contribution is 7.90. The third-order valence-electron chi connectivity index (χ3n) is 6.86. The number of amides is 1. The van der Waals surface area contributed by atoms with Gasteiger partial charge in [-0.1, -0.05) is 18.2 Å². The number of halogens is 3. The summed E-state index contributed by atoms with van der Waals surface area (Å²) in [5.41, 5.74) is -0.374. The van der Waals surface area contributed by atoms with Crippen molar-refractivity contribution in [2.24, 2.45) is 0 Å². The van der Waals surface area contributed by atoms with E-state index in [1.807, 2.05) is 20.8 Å². The molecule has 2 aromatic heterocycles. The molecule has 0 atom stereocenters. The van der Waals surface area contributed by atoms with E-state index in [1.165, 1.54) is 22.1 Å². The van der Waals surface area contributed by atoms with Crippen molar-refractivity contribution in [3.8, 4) is 32.4 Å². The van der Waals surface area contributed by atoms with E-state index in [0.717, 1.165) is 12.3 Å². The van der Waals surface area contributed by atoms with Crippen molar-refractivity contribution in [1.29, 1.82) is 0 Å². The fraction of sp³-hybridized carbons (Fsp3) is 0.355. The van der Waals surface area contributed by atoms with Crippen LogP contribution in [-0.2, 0) is 20.8 Å². The maximum atomic E-state index is 13.8. The van der Waals surface area contributed by atoms with Crippen LogP contribution in [0.5, 0.6) is 5.75 Å². The molecule has 234 valence electrons. The smallest absolute Gasteiger partial charge is 0.435 e. The third-order valence-corrected chi connectivity index (χ3v) is 9.13. The van der Waals surface area contributed by atoms with Crippen LogP contribution in [0.2, 0.25) is 0 Å². The molecule has 5 rings (SSSR count). The summed E-state index contributed by atoms with van der Waals surface area (Å²) in [5.74, 6) is 0.470. The normalized spacial score (nSPS) is 14.9. The Labute approximate surface area is 257 Å². The lowest BCUT2D eigenvalue weighted by Crippen LogP contribution is -2.44. The van der Waals surface area contributed by atoms with Gasteiger partial charge in [0.1, 0.15) is 17.5 Å². The van der Waals surface area contributed by atoms with E-state index in [9.17, 15) is 26.4 Å². The summed E-state index contributed by atoms with van der Waals surface area (Å²) in [6.07, 6.45) is -2.95. The van der Waals surface area contributed by atoms with Crippen molar-refractivity contribution < 1.29 is 35.9 Å². The molecule has 0 N–H and O–H groups in total. The summed E-state index contributed by atoms with van der Waals surface area (Å²) in [6, 6.07) is 17.6. The van der Waals surface area contributed by atoms with Gasteiger partial charge in [0.05, 0.1) is 21.2 Å². The van der Waals surface area contributed by atoms with E-state index < -0.39 is 27.3 Å². The first-order chi connectivity index (χ1) is 20.6. The summed E-state index contributed by atoms with van der Waals surface area (Å²) in [5, 5.41) is 3.91. The molecule has 0 saturated carbocycles. The van der Waals surface area contributed by atoms with E-state index in [-0.39, 0.29) is 22.8 Å². The Morgan fingerprint density at radius 3 is 2.30 bits per heavy atom. The zero-order valence-corrected chi connectivity index (χ0v) is 26.2.